The molecular formula is C22H28N4O3. The Morgan fingerprint density at radius 2 is 1.97 bits per heavy atom. The molecule has 3 heterocycles. The fourth-order valence-electron chi connectivity index (χ4n) is 5.80. The molecule has 1 aliphatic carbocycles. The fourth-order valence-corrected chi connectivity index (χ4v) is 5.80. The minimum absolute atomic E-state index is 0.0848. The molecule has 0 spiro atoms. The minimum atomic E-state index is -0.562. The van der Waals surface area contributed by atoms with Crippen LogP contribution in [0.2, 0.25) is 0 Å². The summed E-state index contributed by atoms with van der Waals surface area (Å²) in [4.78, 5) is 41.1. The summed E-state index contributed by atoms with van der Waals surface area (Å²) in [5.74, 6) is 0.534. The highest BCUT2D eigenvalue weighted by Crippen LogP contribution is 2.37. The lowest BCUT2D eigenvalue weighted by atomic mass is 9.78. The van der Waals surface area contributed by atoms with Crippen molar-refractivity contribution in [2.45, 2.75) is 57.3 Å². The lowest BCUT2D eigenvalue weighted by Crippen LogP contribution is -2.52. The summed E-state index contributed by atoms with van der Waals surface area (Å²) in [6.45, 7) is 3.23. The molecule has 3 N–H and O–H groups in total. The van der Waals surface area contributed by atoms with Gasteiger partial charge in [-0.05, 0) is 42.2 Å². The smallest absolute Gasteiger partial charge is 0.255 e. The van der Waals surface area contributed by atoms with Crippen LogP contribution in [0.25, 0.3) is 0 Å². The zero-order chi connectivity index (χ0) is 20.1. The number of benzene rings is 1. The summed E-state index contributed by atoms with van der Waals surface area (Å²) >= 11 is 0. The summed E-state index contributed by atoms with van der Waals surface area (Å²) in [6, 6.07) is 5.75. The highest BCUT2D eigenvalue weighted by molar-refractivity contribution is 6.05. The van der Waals surface area contributed by atoms with Crippen LogP contribution >= 0.6 is 0 Å². The number of piperidine rings is 1. The number of carbonyl (C=O) groups excluding carboxylic acids is 3. The van der Waals surface area contributed by atoms with Crippen LogP contribution in [0.1, 0.15) is 53.6 Å². The van der Waals surface area contributed by atoms with Crippen LogP contribution in [-0.4, -0.2) is 52.7 Å². The topological polar surface area (TPSA) is 95.7 Å². The Morgan fingerprint density at radius 3 is 2.76 bits per heavy atom. The highest BCUT2D eigenvalue weighted by atomic mass is 16.2. The zero-order valence-corrected chi connectivity index (χ0v) is 16.6. The Balaban J connectivity index is 1.34. The molecule has 1 aromatic rings. The molecule has 3 aliphatic heterocycles. The second-order valence-corrected chi connectivity index (χ2v) is 9.06. The van der Waals surface area contributed by atoms with Crippen molar-refractivity contribution >= 4 is 17.7 Å². The number of rotatable bonds is 3. The molecule has 0 aromatic heterocycles. The molecule has 0 bridgehead atoms. The number of nitrogens with one attached hydrogen (secondary N) is 1. The van der Waals surface area contributed by atoms with E-state index in [9.17, 15) is 14.4 Å². The van der Waals surface area contributed by atoms with E-state index in [2.05, 4.69) is 10.2 Å². The van der Waals surface area contributed by atoms with E-state index in [1.807, 2.05) is 18.2 Å². The second kappa shape index (κ2) is 7.22. The van der Waals surface area contributed by atoms with Crippen LogP contribution in [0.3, 0.4) is 0 Å². The van der Waals surface area contributed by atoms with Gasteiger partial charge in [0.15, 0.2) is 0 Å². The van der Waals surface area contributed by atoms with E-state index in [1.54, 1.807) is 4.90 Å². The standard InChI is InChI=1S/C22H28N4O3/c23-17-6-2-3-13-9-25(12-16(13)17)10-14-4-1-5-15-11-26(22(29)20(14)15)18-7-8-19(27)24-21(18)28/h1,4-5,13,16-18H,2-3,6-12,23H2,(H,24,27,28). The number of likely N-dealkylation sites (tertiary alicyclic amines) is 1. The maximum atomic E-state index is 13.2. The summed E-state index contributed by atoms with van der Waals surface area (Å²) in [5, 5.41) is 2.37. The molecular weight excluding hydrogens is 368 g/mol. The third-order valence-electron chi connectivity index (χ3n) is 7.26. The molecule has 0 radical (unpaired) electrons. The molecule has 5 rings (SSSR count). The second-order valence-electron chi connectivity index (χ2n) is 9.06. The molecule has 3 amide bonds. The molecule has 2 saturated heterocycles. The highest BCUT2D eigenvalue weighted by Gasteiger charge is 2.42. The number of carbonyl (C=O) groups is 3. The van der Waals surface area contributed by atoms with E-state index in [0.717, 1.165) is 42.7 Å². The summed E-state index contributed by atoms with van der Waals surface area (Å²) in [6.07, 6.45) is 4.27. The van der Waals surface area contributed by atoms with Gasteiger partial charge in [-0.15, -0.1) is 0 Å². The average Bonchev–Trinajstić information content (AvgIpc) is 3.24. The van der Waals surface area contributed by atoms with E-state index in [-0.39, 0.29) is 24.1 Å². The number of amides is 3. The van der Waals surface area contributed by atoms with Crippen molar-refractivity contribution in [3.05, 3.63) is 34.9 Å². The number of hydrogen-bond acceptors (Lipinski definition) is 5. The Labute approximate surface area is 170 Å². The molecule has 4 unspecified atom stereocenters. The minimum Gasteiger partial charge on any atom is -0.327 e. The van der Waals surface area contributed by atoms with Gasteiger partial charge in [0.1, 0.15) is 6.04 Å². The van der Waals surface area contributed by atoms with Gasteiger partial charge in [-0.25, -0.2) is 0 Å². The molecule has 4 aliphatic rings. The van der Waals surface area contributed by atoms with E-state index >= 15 is 0 Å². The number of imide groups is 1. The van der Waals surface area contributed by atoms with Crippen molar-refractivity contribution < 1.29 is 14.4 Å². The first kappa shape index (κ1) is 18.8. The SMILES string of the molecule is NC1CCCC2CN(Cc3cccc4c3C(=O)N(C3CCC(=O)NC3=O)C4)CC12. The molecule has 1 saturated carbocycles. The Morgan fingerprint density at radius 1 is 1.10 bits per heavy atom. The van der Waals surface area contributed by atoms with E-state index in [4.69, 9.17) is 5.73 Å². The molecule has 154 valence electrons. The lowest BCUT2D eigenvalue weighted by molar-refractivity contribution is -0.136. The van der Waals surface area contributed by atoms with Crippen LogP contribution in [0.4, 0.5) is 0 Å². The predicted molar refractivity (Wildman–Crippen MR) is 107 cm³/mol. The Bertz CT molecular complexity index is 870. The molecule has 4 atom stereocenters. The average molecular weight is 396 g/mol. The summed E-state index contributed by atoms with van der Waals surface area (Å²) < 4.78 is 0. The first-order chi connectivity index (χ1) is 14.0. The molecule has 7 nitrogen and oxygen atoms in total. The Kier molecular flexibility index (Phi) is 4.67. The van der Waals surface area contributed by atoms with Gasteiger partial charge in [-0.3, -0.25) is 24.6 Å². The maximum absolute atomic E-state index is 13.2. The van der Waals surface area contributed by atoms with Gasteiger partial charge < -0.3 is 10.6 Å². The summed E-state index contributed by atoms with van der Waals surface area (Å²) in [7, 11) is 0. The molecule has 1 aromatic carbocycles. The van der Waals surface area contributed by atoms with Crippen molar-refractivity contribution in [1.29, 1.82) is 0 Å². The zero-order valence-electron chi connectivity index (χ0n) is 16.6. The number of nitrogens with two attached hydrogens (primary N) is 1. The van der Waals surface area contributed by atoms with Gasteiger partial charge in [0, 0.05) is 44.2 Å². The van der Waals surface area contributed by atoms with Gasteiger partial charge in [0.05, 0.1) is 0 Å². The van der Waals surface area contributed by atoms with Gasteiger partial charge in [0.2, 0.25) is 11.8 Å². The number of fused-ring (bicyclic) bond motifs is 2. The third kappa shape index (κ3) is 3.26. The van der Waals surface area contributed by atoms with Crippen molar-refractivity contribution in [3.63, 3.8) is 0 Å². The van der Waals surface area contributed by atoms with E-state index < -0.39 is 6.04 Å². The van der Waals surface area contributed by atoms with E-state index in [1.165, 1.54) is 12.8 Å². The third-order valence-corrected chi connectivity index (χ3v) is 7.26. The number of nitrogens with zero attached hydrogens (tertiary/aromatic N) is 2. The normalized spacial score (nSPS) is 32.3. The maximum Gasteiger partial charge on any atom is 0.255 e. The lowest BCUT2D eigenvalue weighted by Gasteiger charge is -2.29. The van der Waals surface area contributed by atoms with Crippen molar-refractivity contribution in [1.82, 2.24) is 15.1 Å². The van der Waals surface area contributed by atoms with Gasteiger partial charge in [-0.1, -0.05) is 24.6 Å². The first-order valence-electron chi connectivity index (χ1n) is 10.7. The monoisotopic (exact) mass is 396 g/mol. The van der Waals surface area contributed by atoms with Crippen molar-refractivity contribution in [2.24, 2.45) is 17.6 Å². The first-order valence-corrected chi connectivity index (χ1v) is 10.7. The van der Waals surface area contributed by atoms with Crippen LogP contribution in [0, 0.1) is 11.8 Å². The van der Waals surface area contributed by atoms with Gasteiger partial charge in [-0.2, -0.15) is 0 Å². The number of hydrogen-bond donors (Lipinski definition) is 2. The quantitative estimate of drug-likeness (QED) is 0.744. The van der Waals surface area contributed by atoms with Crippen LogP contribution in [-0.2, 0) is 22.7 Å². The van der Waals surface area contributed by atoms with E-state index in [0.29, 0.717) is 30.8 Å². The molecule has 3 fully saturated rings. The molecule has 7 heteroatoms. The fraction of sp³-hybridized carbons (Fsp3) is 0.591. The van der Waals surface area contributed by atoms with Gasteiger partial charge in [0.25, 0.3) is 5.91 Å². The van der Waals surface area contributed by atoms with Crippen molar-refractivity contribution in [2.75, 3.05) is 13.1 Å². The Hall–Kier alpha value is -2.25. The summed E-state index contributed by atoms with van der Waals surface area (Å²) in [5.41, 5.74) is 9.12. The van der Waals surface area contributed by atoms with Crippen molar-refractivity contribution in [3.8, 4) is 0 Å². The van der Waals surface area contributed by atoms with Gasteiger partial charge >= 0.3 is 0 Å². The van der Waals surface area contributed by atoms with Crippen LogP contribution < -0.4 is 11.1 Å². The largest absolute Gasteiger partial charge is 0.327 e. The van der Waals surface area contributed by atoms with Crippen LogP contribution in [0.15, 0.2) is 18.2 Å². The van der Waals surface area contributed by atoms with Crippen LogP contribution in [0.5, 0.6) is 0 Å². The molecule has 29 heavy (non-hydrogen) atoms. The predicted octanol–water partition coefficient (Wildman–Crippen LogP) is 1.01.